The van der Waals surface area contributed by atoms with Crippen LogP contribution in [-0.4, -0.2) is 56.9 Å². The second kappa shape index (κ2) is 11.3. The van der Waals surface area contributed by atoms with Crippen molar-refractivity contribution in [1.82, 2.24) is 15.6 Å². The minimum atomic E-state index is 0.773. The van der Waals surface area contributed by atoms with Crippen molar-refractivity contribution < 1.29 is 4.74 Å². The Morgan fingerprint density at radius 2 is 2.17 bits per heavy atom. The number of hydrogen-bond donors (Lipinski definition) is 2. The van der Waals surface area contributed by atoms with E-state index in [1.807, 2.05) is 6.92 Å². The number of nitrogens with one attached hydrogen (secondary N) is 2. The molecule has 6 nitrogen and oxygen atoms in total. The first-order valence-electron chi connectivity index (χ1n) is 9.12. The molecule has 1 aromatic rings. The Kier molecular flexibility index (Phi) is 8.91. The summed E-state index contributed by atoms with van der Waals surface area (Å²) in [6.45, 7) is 10.5. The van der Waals surface area contributed by atoms with Gasteiger partial charge in [0.1, 0.15) is 0 Å². The lowest BCUT2D eigenvalue weighted by molar-refractivity contribution is 0.146. The molecule has 0 aromatic carbocycles. The van der Waals surface area contributed by atoms with Gasteiger partial charge in [-0.2, -0.15) is 0 Å². The summed E-state index contributed by atoms with van der Waals surface area (Å²) < 4.78 is 5.34. The molecule has 7 heteroatoms. The molecule has 24 heavy (non-hydrogen) atoms. The van der Waals surface area contributed by atoms with E-state index in [9.17, 15) is 0 Å². The summed E-state index contributed by atoms with van der Waals surface area (Å²) in [5.41, 5.74) is 1.17. The highest BCUT2D eigenvalue weighted by molar-refractivity contribution is 7.13. The van der Waals surface area contributed by atoms with Gasteiger partial charge in [-0.1, -0.05) is 0 Å². The topological polar surface area (TPSA) is 61.8 Å². The van der Waals surface area contributed by atoms with Crippen molar-refractivity contribution in [3.05, 3.63) is 11.1 Å². The van der Waals surface area contributed by atoms with Crippen LogP contribution in [0.1, 0.15) is 38.8 Å². The van der Waals surface area contributed by atoms with Crippen LogP contribution in [0.15, 0.2) is 10.4 Å². The second-order valence-electron chi connectivity index (χ2n) is 5.80. The van der Waals surface area contributed by atoms with Gasteiger partial charge in [-0.3, -0.25) is 4.99 Å². The molecule has 2 rings (SSSR count). The number of ether oxygens (including phenoxy) is 1. The van der Waals surface area contributed by atoms with E-state index in [2.05, 4.69) is 32.8 Å². The molecule has 1 aromatic heterocycles. The molecule has 136 valence electrons. The van der Waals surface area contributed by atoms with E-state index in [0.29, 0.717) is 0 Å². The van der Waals surface area contributed by atoms with E-state index in [4.69, 9.17) is 9.72 Å². The van der Waals surface area contributed by atoms with E-state index < -0.39 is 0 Å². The zero-order chi connectivity index (χ0) is 17.0. The molecule has 0 bridgehead atoms. The van der Waals surface area contributed by atoms with Crippen LogP contribution in [0.4, 0.5) is 5.13 Å². The molecule has 1 saturated heterocycles. The molecule has 0 unspecified atom stereocenters. The number of thiazole rings is 1. The van der Waals surface area contributed by atoms with Gasteiger partial charge in [-0.15, -0.1) is 11.3 Å². The lowest BCUT2D eigenvalue weighted by Crippen LogP contribution is -2.38. The van der Waals surface area contributed by atoms with Crippen LogP contribution in [-0.2, 0) is 11.2 Å². The van der Waals surface area contributed by atoms with Crippen LogP contribution in [0, 0.1) is 0 Å². The van der Waals surface area contributed by atoms with Gasteiger partial charge in [0.25, 0.3) is 0 Å². The Morgan fingerprint density at radius 1 is 1.33 bits per heavy atom. The van der Waals surface area contributed by atoms with Crippen molar-refractivity contribution in [2.45, 2.75) is 39.5 Å². The maximum Gasteiger partial charge on any atom is 0.191 e. The predicted molar refractivity (Wildman–Crippen MR) is 102 cm³/mol. The maximum absolute atomic E-state index is 5.34. The summed E-state index contributed by atoms with van der Waals surface area (Å²) in [4.78, 5) is 11.7. The van der Waals surface area contributed by atoms with Crippen molar-refractivity contribution in [3.8, 4) is 0 Å². The third-order valence-electron chi connectivity index (χ3n) is 3.85. The number of aliphatic imine (C=N–C) groups is 1. The average Bonchev–Trinajstić information content (AvgIpc) is 3.26. The standard InChI is InChI=1S/C17H31N5OS/c1-3-18-16(19-9-7-13-23-4-2)20-10-8-15-14-24-17(21-15)22-11-5-6-12-22/h14H,3-13H2,1-2H3,(H2,18,19,20). The summed E-state index contributed by atoms with van der Waals surface area (Å²) >= 11 is 1.76. The molecule has 0 spiro atoms. The fourth-order valence-electron chi connectivity index (χ4n) is 2.62. The number of rotatable bonds is 10. The quantitative estimate of drug-likeness (QED) is 0.384. The van der Waals surface area contributed by atoms with E-state index in [-0.39, 0.29) is 0 Å². The Balaban J connectivity index is 1.70. The molecule has 1 fully saturated rings. The smallest absolute Gasteiger partial charge is 0.191 e. The minimum Gasteiger partial charge on any atom is -0.382 e. The zero-order valence-corrected chi connectivity index (χ0v) is 15.8. The van der Waals surface area contributed by atoms with Crippen molar-refractivity contribution in [2.24, 2.45) is 4.99 Å². The number of aromatic nitrogens is 1. The Labute approximate surface area is 149 Å². The third-order valence-corrected chi connectivity index (χ3v) is 4.81. The van der Waals surface area contributed by atoms with E-state index >= 15 is 0 Å². The Bertz CT molecular complexity index is 485. The van der Waals surface area contributed by atoms with Gasteiger partial charge in [-0.05, 0) is 33.1 Å². The summed E-state index contributed by atoms with van der Waals surface area (Å²) in [7, 11) is 0. The van der Waals surface area contributed by atoms with Crippen LogP contribution in [0.25, 0.3) is 0 Å². The first-order valence-corrected chi connectivity index (χ1v) is 10.0. The molecule has 2 heterocycles. The van der Waals surface area contributed by atoms with Crippen LogP contribution in [0.5, 0.6) is 0 Å². The molecular weight excluding hydrogens is 322 g/mol. The summed E-state index contributed by atoms with van der Waals surface area (Å²) in [5.74, 6) is 0.879. The number of hydrogen-bond acceptors (Lipinski definition) is 5. The molecule has 1 aliphatic rings. The molecule has 0 amide bonds. The SMILES string of the molecule is CCNC(=NCCCOCC)NCCc1csc(N2CCCC2)n1. The lowest BCUT2D eigenvalue weighted by atomic mass is 10.3. The maximum atomic E-state index is 5.34. The van der Waals surface area contributed by atoms with Gasteiger partial charge >= 0.3 is 0 Å². The first kappa shape index (κ1) is 19.0. The monoisotopic (exact) mass is 353 g/mol. The number of nitrogens with zero attached hydrogens (tertiary/aromatic N) is 3. The highest BCUT2D eigenvalue weighted by atomic mass is 32.1. The van der Waals surface area contributed by atoms with Crippen LogP contribution in [0.2, 0.25) is 0 Å². The van der Waals surface area contributed by atoms with Crippen molar-refractivity contribution >= 4 is 22.4 Å². The number of anilines is 1. The van der Waals surface area contributed by atoms with Crippen molar-refractivity contribution in [3.63, 3.8) is 0 Å². The fraction of sp³-hybridized carbons (Fsp3) is 0.765. The molecule has 0 aliphatic carbocycles. The molecule has 0 saturated carbocycles. The van der Waals surface area contributed by atoms with Crippen LogP contribution >= 0.6 is 11.3 Å². The van der Waals surface area contributed by atoms with E-state index in [1.165, 1.54) is 23.7 Å². The molecule has 0 radical (unpaired) electrons. The lowest BCUT2D eigenvalue weighted by Gasteiger charge is -2.12. The van der Waals surface area contributed by atoms with Gasteiger partial charge in [-0.25, -0.2) is 4.98 Å². The normalized spacial score (nSPS) is 15.1. The van der Waals surface area contributed by atoms with Crippen molar-refractivity contribution in [1.29, 1.82) is 0 Å². The molecule has 2 N–H and O–H groups in total. The summed E-state index contributed by atoms with van der Waals surface area (Å²) in [5, 5.41) is 10.0. The van der Waals surface area contributed by atoms with Crippen LogP contribution < -0.4 is 15.5 Å². The largest absolute Gasteiger partial charge is 0.382 e. The summed E-state index contributed by atoms with van der Waals surface area (Å²) in [6.07, 6.45) is 4.47. The van der Waals surface area contributed by atoms with Crippen LogP contribution in [0.3, 0.4) is 0 Å². The Hall–Kier alpha value is -1.34. The predicted octanol–water partition coefficient (Wildman–Crippen LogP) is 2.27. The van der Waals surface area contributed by atoms with E-state index in [1.54, 1.807) is 11.3 Å². The second-order valence-corrected chi connectivity index (χ2v) is 6.64. The van der Waals surface area contributed by atoms with Gasteiger partial charge in [0.2, 0.25) is 0 Å². The molecule has 1 aliphatic heterocycles. The zero-order valence-electron chi connectivity index (χ0n) is 15.0. The molecular formula is C17H31N5OS. The highest BCUT2D eigenvalue weighted by Gasteiger charge is 2.15. The van der Waals surface area contributed by atoms with Gasteiger partial charge in [0.05, 0.1) is 5.69 Å². The highest BCUT2D eigenvalue weighted by Crippen LogP contribution is 2.24. The van der Waals surface area contributed by atoms with E-state index in [0.717, 1.165) is 64.7 Å². The Morgan fingerprint density at radius 3 is 2.92 bits per heavy atom. The molecule has 0 atom stereocenters. The average molecular weight is 354 g/mol. The van der Waals surface area contributed by atoms with Crippen molar-refractivity contribution in [2.75, 3.05) is 50.8 Å². The number of guanidine groups is 1. The van der Waals surface area contributed by atoms with Gasteiger partial charge in [0.15, 0.2) is 11.1 Å². The third kappa shape index (κ3) is 6.65. The summed E-state index contributed by atoms with van der Waals surface area (Å²) in [6, 6.07) is 0. The van der Waals surface area contributed by atoms with Gasteiger partial charge < -0.3 is 20.3 Å². The fourth-order valence-corrected chi connectivity index (χ4v) is 3.53. The minimum absolute atomic E-state index is 0.773. The first-order chi connectivity index (χ1) is 11.8. The van der Waals surface area contributed by atoms with Gasteiger partial charge in [0, 0.05) is 57.7 Å².